The number of rotatable bonds is 4. The summed E-state index contributed by atoms with van der Waals surface area (Å²) in [6.45, 7) is 6.44. The highest BCUT2D eigenvalue weighted by molar-refractivity contribution is 5.77. The van der Waals surface area contributed by atoms with E-state index in [1.807, 2.05) is 18.2 Å². The van der Waals surface area contributed by atoms with Gasteiger partial charge in [-0.25, -0.2) is 0 Å². The third kappa shape index (κ3) is 3.37. The zero-order chi connectivity index (χ0) is 18.4. The molecule has 0 saturated heterocycles. The fourth-order valence-corrected chi connectivity index (χ4v) is 3.64. The maximum atomic E-state index is 12.8. The molecule has 0 aliphatic heterocycles. The van der Waals surface area contributed by atoms with E-state index < -0.39 is 24.2 Å². The Hall–Kier alpha value is -1.31. The van der Waals surface area contributed by atoms with Crippen molar-refractivity contribution in [3.63, 3.8) is 0 Å². The average molecular weight is 303 g/mol. The Morgan fingerprint density at radius 1 is 1.32 bits per heavy atom. The third-order valence-corrected chi connectivity index (χ3v) is 5.08. The molecule has 5 atom stereocenters. The Morgan fingerprint density at radius 3 is 2.73 bits per heavy atom. The monoisotopic (exact) mass is 303 g/mol. The molecule has 3 rings (SSSR count). The van der Waals surface area contributed by atoms with Crippen LogP contribution < -0.4 is 0 Å². The van der Waals surface area contributed by atoms with Gasteiger partial charge >= 0.3 is 5.97 Å². The van der Waals surface area contributed by atoms with Crippen molar-refractivity contribution >= 4 is 5.97 Å². The summed E-state index contributed by atoms with van der Waals surface area (Å²) in [6.07, 6.45) is 0.877. The summed E-state index contributed by atoms with van der Waals surface area (Å²) in [5.74, 6) is -2.09. The SMILES string of the molecule is [2H]C1([2H])[C@H](c2ccccc2)[C@@]1([2H])C(=O)OC1CC(C)CCC1C(C)C. The van der Waals surface area contributed by atoms with Crippen LogP contribution in [0, 0.1) is 23.6 Å². The first kappa shape index (κ1) is 12.2. The fraction of sp³-hybridized carbons (Fsp3) is 0.650. The van der Waals surface area contributed by atoms with Crippen molar-refractivity contribution < 1.29 is 13.6 Å². The molecule has 120 valence electrons. The molecule has 3 unspecified atom stereocenters. The molecule has 0 aromatic heterocycles. The van der Waals surface area contributed by atoms with Crippen LogP contribution in [-0.4, -0.2) is 12.1 Å². The van der Waals surface area contributed by atoms with Crippen molar-refractivity contribution in [1.29, 1.82) is 0 Å². The molecule has 0 heterocycles. The second kappa shape index (κ2) is 6.44. The molecule has 2 fully saturated rings. The Balaban J connectivity index is 1.78. The Bertz CT molecular complexity index is 631. The molecule has 0 spiro atoms. The first-order valence-electron chi connectivity index (χ1n) is 9.95. The predicted molar refractivity (Wildman–Crippen MR) is 88.5 cm³/mol. The minimum absolute atomic E-state index is 0.203. The first-order valence-corrected chi connectivity index (χ1v) is 8.45. The normalized spacial score (nSPS) is 42.1. The van der Waals surface area contributed by atoms with Gasteiger partial charge in [0.1, 0.15) is 6.10 Å². The van der Waals surface area contributed by atoms with Gasteiger partial charge in [-0.2, -0.15) is 0 Å². The van der Waals surface area contributed by atoms with Crippen LogP contribution in [0.3, 0.4) is 0 Å². The van der Waals surface area contributed by atoms with Gasteiger partial charge in [0.25, 0.3) is 0 Å². The Kier molecular flexibility index (Phi) is 3.56. The molecule has 2 aliphatic rings. The van der Waals surface area contributed by atoms with Gasteiger partial charge < -0.3 is 4.74 Å². The van der Waals surface area contributed by atoms with Gasteiger partial charge in [0, 0.05) is 4.11 Å². The largest absolute Gasteiger partial charge is 0.462 e. The molecule has 0 radical (unpaired) electrons. The number of carbonyl (C=O) groups is 1. The maximum absolute atomic E-state index is 12.8. The van der Waals surface area contributed by atoms with Crippen molar-refractivity contribution in [2.75, 3.05) is 0 Å². The molecule has 0 N–H and O–H groups in total. The van der Waals surface area contributed by atoms with E-state index in [0.717, 1.165) is 19.3 Å². The van der Waals surface area contributed by atoms with Crippen molar-refractivity contribution in [3.8, 4) is 0 Å². The van der Waals surface area contributed by atoms with E-state index in [-0.39, 0.29) is 6.10 Å². The average Bonchev–Trinajstić information content (AvgIpc) is 3.02. The number of benzene rings is 1. The van der Waals surface area contributed by atoms with Gasteiger partial charge in [-0.1, -0.05) is 57.5 Å². The Morgan fingerprint density at radius 2 is 2.05 bits per heavy atom. The van der Waals surface area contributed by atoms with Gasteiger partial charge in [-0.15, -0.1) is 0 Å². The number of ether oxygens (including phenoxy) is 1. The lowest BCUT2D eigenvalue weighted by Crippen LogP contribution is -2.36. The van der Waals surface area contributed by atoms with Crippen LogP contribution in [0.15, 0.2) is 30.3 Å². The summed E-state index contributed by atoms with van der Waals surface area (Å²) in [6, 6.07) is 9.04. The molecule has 2 aliphatic carbocycles. The molecule has 2 saturated carbocycles. The molecule has 0 bridgehead atoms. The standard InChI is InChI=1S/C20H28O2/c1-13(2)16-10-9-14(3)11-19(16)22-20(21)18-12-17(18)15-7-5-4-6-8-15/h4-8,13-14,16-19H,9-12H2,1-3H3/t14?,16?,17-,18+,19?/m1/s1/i12D2,18D. The molecule has 2 heteroatoms. The van der Waals surface area contributed by atoms with E-state index in [0.29, 0.717) is 23.3 Å². The molecular formula is C20H28O2. The lowest BCUT2D eigenvalue weighted by Gasteiger charge is -2.36. The van der Waals surface area contributed by atoms with E-state index in [2.05, 4.69) is 20.8 Å². The van der Waals surface area contributed by atoms with Crippen molar-refractivity contribution in [2.24, 2.45) is 23.6 Å². The molecule has 1 aromatic rings. The molecule has 22 heavy (non-hydrogen) atoms. The smallest absolute Gasteiger partial charge is 0.309 e. The number of esters is 1. The minimum Gasteiger partial charge on any atom is -0.462 e. The lowest BCUT2D eigenvalue weighted by atomic mass is 9.75. The predicted octanol–water partition coefficient (Wildman–Crippen LogP) is 4.79. The maximum Gasteiger partial charge on any atom is 0.309 e. The van der Waals surface area contributed by atoms with Crippen LogP contribution in [0.4, 0.5) is 0 Å². The molecular weight excluding hydrogens is 272 g/mol. The summed E-state index contributed by atoms with van der Waals surface area (Å²) in [4.78, 5) is 12.8. The third-order valence-electron chi connectivity index (χ3n) is 5.08. The lowest BCUT2D eigenvalue weighted by molar-refractivity contribution is -0.157. The molecule has 0 amide bonds. The van der Waals surface area contributed by atoms with Crippen LogP contribution >= 0.6 is 0 Å². The van der Waals surface area contributed by atoms with E-state index in [4.69, 9.17) is 8.85 Å². The van der Waals surface area contributed by atoms with Crippen LogP contribution in [0.25, 0.3) is 0 Å². The van der Waals surface area contributed by atoms with Crippen LogP contribution in [-0.2, 0) is 9.53 Å². The summed E-state index contributed by atoms with van der Waals surface area (Å²) in [7, 11) is 0. The van der Waals surface area contributed by atoms with E-state index in [9.17, 15) is 4.79 Å². The van der Waals surface area contributed by atoms with Gasteiger partial charge in [0.05, 0.1) is 5.89 Å². The first-order chi connectivity index (χ1) is 11.7. The van der Waals surface area contributed by atoms with Crippen molar-refractivity contribution in [3.05, 3.63) is 35.9 Å². The number of hydrogen-bond donors (Lipinski definition) is 0. The summed E-state index contributed by atoms with van der Waals surface area (Å²) in [5, 5.41) is 0. The van der Waals surface area contributed by atoms with Crippen molar-refractivity contribution in [1.82, 2.24) is 0 Å². The second-order valence-electron chi connectivity index (χ2n) is 7.17. The summed E-state index contributed by atoms with van der Waals surface area (Å²) >= 11 is 0. The summed E-state index contributed by atoms with van der Waals surface area (Å²) in [5.41, 5.74) is 0.692. The fourth-order valence-electron chi connectivity index (χ4n) is 3.64. The van der Waals surface area contributed by atoms with Gasteiger partial charge in [-0.3, -0.25) is 4.79 Å². The van der Waals surface area contributed by atoms with Crippen LogP contribution in [0.5, 0.6) is 0 Å². The highest BCUT2D eigenvalue weighted by Gasteiger charge is 2.46. The Labute approximate surface area is 138 Å². The quantitative estimate of drug-likeness (QED) is 0.747. The van der Waals surface area contributed by atoms with Gasteiger partial charge in [-0.05, 0) is 48.4 Å². The minimum atomic E-state index is -1.89. The van der Waals surface area contributed by atoms with Gasteiger partial charge in [0.2, 0.25) is 0 Å². The van der Waals surface area contributed by atoms with E-state index in [1.54, 1.807) is 12.1 Å². The zero-order valence-corrected chi connectivity index (χ0v) is 13.7. The van der Waals surface area contributed by atoms with Crippen LogP contribution in [0.2, 0.25) is 0 Å². The van der Waals surface area contributed by atoms with E-state index >= 15 is 0 Å². The van der Waals surface area contributed by atoms with Gasteiger partial charge in [0.15, 0.2) is 0 Å². The summed E-state index contributed by atoms with van der Waals surface area (Å²) < 4.78 is 30.7. The van der Waals surface area contributed by atoms with Crippen LogP contribution in [0.1, 0.15) is 62.0 Å². The molecule has 2 nitrogen and oxygen atoms in total. The van der Waals surface area contributed by atoms with Crippen molar-refractivity contribution in [2.45, 2.75) is 58.4 Å². The molecule has 1 aromatic carbocycles. The zero-order valence-electron chi connectivity index (χ0n) is 16.7. The highest BCUT2D eigenvalue weighted by Crippen LogP contribution is 2.49. The second-order valence-corrected chi connectivity index (χ2v) is 7.17. The van der Waals surface area contributed by atoms with E-state index in [1.165, 1.54) is 0 Å². The topological polar surface area (TPSA) is 26.3 Å². The number of hydrogen-bond acceptors (Lipinski definition) is 2. The number of carbonyl (C=O) groups excluding carboxylic acids is 1. The highest BCUT2D eigenvalue weighted by atomic mass is 16.5.